The predicted molar refractivity (Wildman–Crippen MR) is 112 cm³/mol. The molecule has 8 heteroatoms. The molecule has 0 bridgehead atoms. The van der Waals surface area contributed by atoms with Crippen LogP contribution in [0.15, 0.2) is 71.5 Å². The fraction of sp³-hybridized carbons (Fsp3) is 0.182. The minimum Gasteiger partial charge on any atom is -0.492 e. The molecule has 30 heavy (non-hydrogen) atoms. The molecule has 0 saturated heterocycles. The predicted octanol–water partition coefficient (Wildman–Crippen LogP) is 2.69. The minimum absolute atomic E-state index is 0.150. The van der Waals surface area contributed by atoms with Crippen LogP contribution in [-0.2, 0) is 6.54 Å². The van der Waals surface area contributed by atoms with Crippen molar-refractivity contribution in [2.45, 2.75) is 19.5 Å². The fourth-order valence-electron chi connectivity index (χ4n) is 3.01. The third-order valence-corrected chi connectivity index (χ3v) is 4.58. The van der Waals surface area contributed by atoms with Crippen molar-refractivity contribution in [1.29, 1.82) is 0 Å². The summed E-state index contributed by atoms with van der Waals surface area (Å²) in [6, 6.07) is 19.3. The minimum atomic E-state index is -0.388. The van der Waals surface area contributed by atoms with Gasteiger partial charge in [-0.05, 0) is 37.3 Å². The van der Waals surface area contributed by atoms with Crippen molar-refractivity contribution in [1.82, 2.24) is 25.1 Å². The van der Waals surface area contributed by atoms with Gasteiger partial charge in [0.1, 0.15) is 23.9 Å². The Balaban J connectivity index is 1.42. The number of aromatic amines is 1. The van der Waals surface area contributed by atoms with Crippen LogP contribution in [-0.4, -0.2) is 32.3 Å². The second kappa shape index (κ2) is 8.60. The number of carbonyl (C=O) groups is 1. The SMILES string of the molecule is CC(NC(=O)c1ccc(=O)n(CCOc2ccccc2)n1)c1nc2ccccc2[nH]1. The molecule has 0 aliphatic rings. The third-order valence-electron chi connectivity index (χ3n) is 4.58. The lowest BCUT2D eigenvalue weighted by atomic mass is 10.3. The molecule has 1 atom stereocenters. The first-order valence-corrected chi connectivity index (χ1v) is 9.62. The highest BCUT2D eigenvalue weighted by Gasteiger charge is 2.16. The number of fused-ring (bicyclic) bond motifs is 1. The summed E-state index contributed by atoms with van der Waals surface area (Å²) in [7, 11) is 0. The largest absolute Gasteiger partial charge is 0.492 e. The summed E-state index contributed by atoms with van der Waals surface area (Å²) in [6.45, 7) is 2.32. The lowest BCUT2D eigenvalue weighted by molar-refractivity contribution is 0.0930. The van der Waals surface area contributed by atoms with Gasteiger partial charge in [-0.3, -0.25) is 9.59 Å². The average molecular weight is 403 g/mol. The molecule has 0 aliphatic carbocycles. The van der Waals surface area contributed by atoms with Gasteiger partial charge < -0.3 is 15.0 Å². The zero-order valence-corrected chi connectivity index (χ0v) is 16.4. The highest BCUT2D eigenvalue weighted by Crippen LogP contribution is 2.15. The molecular weight excluding hydrogens is 382 g/mol. The smallest absolute Gasteiger partial charge is 0.272 e. The van der Waals surface area contributed by atoms with E-state index in [0.717, 1.165) is 11.0 Å². The van der Waals surface area contributed by atoms with E-state index in [4.69, 9.17) is 4.74 Å². The molecule has 2 aromatic heterocycles. The molecule has 2 N–H and O–H groups in total. The molecule has 4 aromatic rings. The Kier molecular flexibility index (Phi) is 5.56. The van der Waals surface area contributed by atoms with Crippen molar-refractivity contribution in [2.75, 3.05) is 6.61 Å². The standard InChI is InChI=1S/C22H21N5O3/c1-15(21-24-17-9-5-6-10-18(17)25-21)23-22(29)19-11-12-20(28)27(26-19)13-14-30-16-7-3-2-4-8-16/h2-12,15H,13-14H2,1H3,(H,23,29)(H,24,25). The molecular formula is C22H21N5O3. The van der Waals surface area contributed by atoms with Gasteiger partial charge in [0, 0.05) is 6.07 Å². The van der Waals surface area contributed by atoms with Crippen LogP contribution in [0.3, 0.4) is 0 Å². The maximum Gasteiger partial charge on any atom is 0.272 e. The number of H-pyrrole nitrogens is 1. The molecule has 152 valence electrons. The Labute approximate surface area is 172 Å². The van der Waals surface area contributed by atoms with Crippen molar-refractivity contribution in [3.05, 3.63) is 88.6 Å². The van der Waals surface area contributed by atoms with Crippen LogP contribution in [0.4, 0.5) is 0 Å². The molecule has 2 heterocycles. The number of benzene rings is 2. The lowest BCUT2D eigenvalue weighted by Crippen LogP contribution is -2.32. The third kappa shape index (κ3) is 4.38. The first kappa shape index (κ1) is 19.4. The van der Waals surface area contributed by atoms with Gasteiger partial charge in [-0.2, -0.15) is 5.10 Å². The zero-order valence-electron chi connectivity index (χ0n) is 16.4. The van der Waals surface area contributed by atoms with Crippen LogP contribution < -0.4 is 15.6 Å². The first-order chi connectivity index (χ1) is 14.6. The molecule has 0 fully saturated rings. The van der Waals surface area contributed by atoms with E-state index in [2.05, 4.69) is 20.4 Å². The van der Waals surface area contributed by atoms with Crippen molar-refractivity contribution in [3.63, 3.8) is 0 Å². The van der Waals surface area contributed by atoms with E-state index in [1.54, 1.807) is 0 Å². The summed E-state index contributed by atoms with van der Waals surface area (Å²) in [6.07, 6.45) is 0. The van der Waals surface area contributed by atoms with E-state index < -0.39 is 0 Å². The molecule has 0 saturated carbocycles. The van der Waals surface area contributed by atoms with Crippen molar-refractivity contribution < 1.29 is 9.53 Å². The van der Waals surface area contributed by atoms with E-state index in [9.17, 15) is 9.59 Å². The monoisotopic (exact) mass is 403 g/mol. The van der Waals surface area contributed by atoms with Gasteiger partial charge in [-0.15, -0.1) is 0 Å². The molecule has 0 spiro atoms. The van der Waals surface area contributed by atoms with Crippen LogP contribution in [0.5, 0.6) is 5.75 Å². The summed E-state index contributed by atoms with van der Waals surface area (Å²) in [5, 5.41) is 7.03. The summed E-state index contributed by atoms with van der Waals surface area (Å²) in [5.41, 5.74) is 1.59. The normalized spacial score (nSPS) is 11.9. The van der Waals surface area contributed by atoms with Crippen LogP contribution >= 0.6 is 0 Å². The number of nitrogens with one attached hydrogen (secondary N) is 2. The van der Waals surface area contributed by atoms with Gasteiger partial charge >= 0.3 is 0 Å². The number of nitrogens with zero attached hydrogens (tertiary/aromatic N) is 3. The topological polar surface area (TPSA) is 102 Å². The molecule has 8 nitrogen and oxygen atoms in total. The van der Waals surface area contributed by atoms with Crippen LogP contribution in [0.25, 0.3) is 11.0 Å². The van der Waals surface area contributed by atoms with Crippen molar-refractivity contribution in [2.24, 2.45) is 0 Å². The molecule has 4 rings (SSSR count). The van der Waals surface area contributed by atoms with E-state index >= 15 is 0 Å². The molecule has 0 radical (unpaired) electrons. The Morgan fingerprint density at radius 3 is 2.67 bits per heavy atom. The highest BCUT2D eigenvalue weighted by molar-refractivity contribution is 5.92. The van der Waals surface area contributed by atoms with Gasteiger partial charge in [0.25, 0.3) is 11.5 Å². The Bertz CT molecular complexity index is 1180. The molecule has 0 aliphatic heterocycles. The van der Waals surface area contributed by atoms with Gasteiger partial charge in [0.2, 0.25) is 0 Å². The first-order valence-electron chi connectivity index (χ1n) is 9.62. The number of para-hydroxylation sites is 3. The van der Waals surface area contributed by atoms with Gasteiger partial charge in [0.05, 0.1) is 23.6 Å². The number of ether oxygens (including phenoxy) is 1. The lowest BCUT2D eigenvalue weighted by Gasteiger charge is -2.12. The number of hydrogen-bond acceptors (Lipinski definition) is 5. The summed E-state index contributed by atoms with van der Waals surface area (Å²) in [4.78, 5) is 32.4. The number of hydrogen-bond donors (Lipinski definition) is 2. The second-order valence-corrected chi connectivity index (χ2v) is 6.78. The highest BCUT2D eigenvalue weighted by atomic mass is 16.5. The fourth-order valence-corrected chi connectivity index (χ4v) is 3.01. The molecule has 1 unspecified atom stereocenters. The van der Waals surface area contributed by atoms with E-state index in [1.165, 1.54) is 16.8 Å². The zero-order chi connectivity index (χ0) is 20.9. The van der Waals surface area contributed by atoms with Gasteiger partial charge in [0.15, 0.2) is 0 Å². The van der Waals surface area contributed by atoms with E-state index in [1.807, 2.05) is 61.5 Å². The molecule has 1 amide bonds. The maximum absolute atomic E-state index is 12.6. The van der Waals surface area contributed by atoms with Crippen molar-refractivity contribution in [3.8, 4) is 5.75 Å². The van der Waals surface area contributed by atoms with Crippen LogP contribution in [0, 0.1) is 0 Å². The molecule has 2 aromatic carbocycles. The van der Waals surface area contributed by atoms with E-state index in [-0.39, 0.29) is 36.4 Å². The Morgan fingerprint density at radius 1 is 1.10 bits per heavy atom. The Morgan fingerprint density at radius 2 is 1.87 bits per heavy atom. The summed E-state index contributed by atoms with van der Waals surface area (Å²) in [5.74, 6) is 0.967. The number of imidazole rings is 1. The van der Waals surface area contributed by atoms with Crippen molar-refractivity contribution >= 4 is 16.9 Å². The van der Waals surface area contributed by atoms with Gasteiger partial charge in [-0.1, -0.05) is 30.3 Å². The maximum atomic E-state index is 12.6. The second-order valence-electron chi connectivity index (χ2n) is 6.78. The quantitative estimate of drug-likeness (QED) is 0.494. The number of amides is 1. The van der Waals surface area contributed by atoms with Crippen LogP contribution in [0.2, 0.25) is 0 Å². The Hall–Kier alpha value is -3.94. The average Bonchev–Trinajstić information content (AvgIpc) is 3.20. The number of aromatic nitrogens is 4. The number of rotatable bonds is 7. The summed E-state index contributed by atoms with van der Waals surface area (Å²) < 4.78 is 6.83. The van der Waals surface area contributed by atoms with Gasteiger partial charge in [-0.25, -0.2) is 9.67 Å². The van der Waals surface area contributed by atoms with Crippen LogP contribution in [0.1, 0.15) is 29.3 Å². The summed E-state index contributed by atoms with van der Waals surface area (Å²) >= 11 is 0. The van der Waals surface area contributed by atoms with E-state index in [0.29, 0.717) is 11.6 Å². The number of carbonyl (C=O) groups excluding carboxylic acids is 1.